The van der Waals surface area contributed by atoms with Gasteiger partial charge in [-0.3, -0.25) is 0 Å². The monoisotopic (exact) mass is 386 g/mol. The molecule has 0 aliphatic carbocycles. The third kappa shape index (κ3) is 4.53. The largest absolute Gasteiger partial charge is 0.493 e. The highest BCUT2D eigenvalue weighted by Crippen LogP contribution is 2.29. The van der Waals surface area contributed by atoms with E-state index in [1.165, 1.54) is 5.69 Å². The Balaban J connectivity index is 1.73. The van der Waals surface area contributed by atoms with E-state index in [4.69, 9.17) is 14.2 Å². The van der Waals surface area contributed by atoms with Crippen molar-refractivity contribution in [2.45, 2.75) is 58.0 Å². The molecule has 0 fully saturated rings. The first-order valence-electron chi connectivity index (χ1n) is 9.35. The summed E-state index contributed by atoms with van der Waals surface area (Å²) < 4.78 is 13.4. The molecule has 0 N–H and O–H groups in total. The summed E-state index contributed by atoms with van der Waals surface area (Å²) in [5.74, 6) is 2.49. The van der Waals surface area contributed by atoms with Gasteiger partial charge in [0.1, 0.15) is 5.75 Å². The maximum atomic E-state index is 5.66. The van der Waals surface area contributed by atoms with Crippen molar-refractivity contribution in [2.75, 3.05) is 6.61 Å². The van der Waals surface area contributed by atoms with E-state index in [0.717, 1.165) is 41.5 Å². The van der Waals surface area contributed by atoms with Crippen LogP contribution in [0.4, 0.5) is 0 Å². The van der Waals surface area contributed by atoms with E-state index >= 15 is 0 Å². The highest BCUT2D eigenvalue weighted by Gasteiger charge is 2.16. The topological polar surface area (TPSA) is 66.0 Å². The number of ether oxygens (including phenoxy) is 1. The lowest BCUT2D eigenvalue weighted by Gasteiger charge is -2.08. The Hall–Kier alpha value is -2.28. The molecule has 3 rings (SSSR count). The third-order valence-corrected chi connectivity index (χ3v) is 5.34. The van der Waals surface area contributed by atoms with Crippen LogP contribution in [0.5, 0.6) is 5.75 Å². The summed E-state index contributed by atoms with van der Waals surface area (Å²) in [4.78, 5) is 9.24. The minimum Gasteiger partial charge on any atom is -0.493 e. The lowest BCUT2D eigenvalue weighted by molar-refractivity contribution is 0.341. The zero-order chi connectivity index (χ0) is 19.2. The van der Waals surface area contributed by atoms with Gasteiger partial charge < -0.3 is 13.8 Å². The number of unbranched alkanes of at least 4 members (excludes halogenated alkanes) is 1. The number of imidazole rings is 1. The number of thioether (sulfide) groups is 1. The molecular formula is C20H26N4O2S. The van der Waals surface area contributed by atoms with Crippen LogP contribution in [0.15, 0.2) is 33.9 Å². The maximum absolute atomic E-state index is 5.66. The van der Waals surface area contributed by atoms with Crippen LogP contribution < -0.4 is 4.74 Å². The Morgan fingerprint density at radius 3 is 2.74 bits per heavy atom. The van der Waals surface area contributed by atoms with Crippen molar-refractivity contribution in [3.63, 3.8) is 0 Å². The number of benzene rings is 1. The van der Waals surface area contributed by atoms with Gasteiger partial charge in [0, 0.05) is 12.2 Å². The number of hydrogen-bond donors (Lipinski definition) is 0. The van der Waals surface area contributed by atoms with Gasteiger partial charge in [0.2, 0.25) is 11.7 Å². The van der Waals surface area contributed by atoms with Gasteiger partial charge in [-0.15, -0.1) is 0 Å². The molecule has 27 heavy (non-hydrogen) atoms. The number of para-hydroxylation sites is 1. The average molecular weight is 387 g/mol. The minimum atomic E-state index is 0.552. The van der Waals surface area contributed by atoms with Crippen molar-refractivity contribution in [1.82, 2.24) is 19.7 Å². The van der Waals surface area contributed by atoms with E-state index < -0.39 is 0 Å². The Bertz CT molecular complexity index is 888. The molecule has 0 spiro atoms. The van der Waals surface area contributed by atoms with E-state index in [9.17, 15) is 0 Å². The molecular weight excluding hydrogens is 360 g/mol. The molecule has 3 aromatic rings. The molecule has 0 unspecified atom stereocenters. The van der Waals surface area contributed by atoms with Crippen molar-refractivity contribution in [3.05, 3.63) is 41.5 Å². The van der Waals surface area contributed by atoms with E-state index in [1.807, 2.05) is 31.2 Å². The van der Waals surface area contributed by atoms with Crippen LogP contribution in [0.3, 0.4) is 0 Å². The van der Waals surface area contributed by atoms with Gasteiger partial charge in [-0.05, 0) is 39.3 Å². The van der Waals surface area contributed by atoms with E-state index in [2.05, 4.69) is 35.5 Å². The number of nitrogens with zero attached hydrogens (tertiary/aromatic N) is 4. The van der Waals surface area contributed by atoms with Gasteiger partial charge in [-0.2, -0.15) is 4.98 Å². The fourth-order valence-corrected chi connectivity index (χ4v) is 3.75. The predicted molar refractivity (Wildman–Crippen MR) is 107 cm³/mol. The van der Waals surface area contributed by atoms with E-state index in [0.29, 0.717) is 24.1 Å². The molecule has 0 saturated carbocycles. The molecule has 1 aromatic carbocycles. The summed E-state index contributed by atoms with van der Waals surface area (Å²) >= 11 is 1.63. The molecule has 144 valence electrons. The Morgan fingerprint density at radius 2 is 1.96 bits per heavy atom. The first-order chi connectivity index (χ1) is 13.1. The van der Waals surface area contributed by atoms with Crippen molar-refractivity contribution in [3.8, 4) is 17.1 Å². The van der Waals surface area contributed by atoms with Crippen LogP contribution in [-0.4, -0.2) is 26.3 Å². The molecule has 7 heteroatoms. The minimum absolute atomic E-state index is 0.552. The fourth-order valence-electron chi connectivity index (χ4n) is 2.80. The summed E-state index contributed by atoms with van der Waals surface area (Å²) in [6, 6.07) is 7.74. The number of aromatic nitrogens is 4. The van der Waals surface area contributed by atoms with Crippen molar-refractivity contribution in [2.24, 2.45) is 0 Å². The molecule has 0 saturated heterocycles. The zero-order valence-corrected chi connectivity index (χ0v) is 17.2. The number of hydrogen-bond acceptors (Lipinski definition) is 6. The van der Waals surface area contributed by atoms with Gasteiger partial charge in [-0.25, -0.2) is 4.98 Å². The van der Waals surface area contributed by atoms with Crippen LogP contribution in [0.2, 0.25) is 0 Å². The first-order valence-corrected chi connectivity index (χ1v) is 10.3. The van der Waals surface area contributed by atoms with Crippen molar-refractivity contribution >= 4 is 11.8 Å². The standard InChI is InChI=1S/C20H26N4O2S/c1-5-7-12-24-15(4)14(3)21-20(24)27-13-18-22-19(23-26-18)16-10-8-9-11-17(16)25-6-2/h8-11H,5-7,12-13H2,1-4H3. The molecule has 0 radical (unpaired) electrons. The van der Waals surface area contributed by atoms with Gasteiger partial charge in [0.15, 0.2) is 5.16 Å². The molecule has 0 amide bonds. The van der Waals surface area contributed by atoms with Crippen LogP contribution in [-0.2, 0) is 12.3 Å². The fraction of sp³-hybridized carbons (Fsp3) is 0.450. The maximum Gasteiger partial charge on any atom is 0.237 e. The second kappa shape index (κ2) is 9.08. The SMILES string of the molecule is CCCCn1c(SCc2nc(-c3ccccc3OCC)no2)nc(C)c1C. The van der Waals surface area contributed by atoms with E-state index in [-0.39, 0.29) is 0 Å². The van der Waals surface area contributed by atoms with Gasteiger partial charge in [0.05, 0.1) is 23.6 Å². The van der Waals surface area contributed by atoms with E-state index in [1.54, 1.807) is 11.8 Å². The zero-order valence-electron chi connectivity index (χ0n) is 16.4. The van der Waals surface area contributed by atoms with Crippen LogP contribution >= 0.6 is 11.8 Å². The molecule has 0 aliphatic rings. The van der Waals surface area contributed by atoms with Gasteiger partial charge in [0.25, 0.3) is 0 Å². The number of aryl methyl sites for hydroxylation is 1. The molecule has 0 atom stereocenters. The molecule has 0 aliphatic heterocycles. The second-order valence-electron chi connectivity index (χ2n) is 6.30. The van der Waals surface area contributed by atoms with Crippen molar-refractivity contribution < 1.29 is 9.26 Å². The van der Waals surface area contributed by atoms with Crippen molar-refractivity contribution in [1.29, 1.82) is 0 Å². The summed E-state index contributed by atoms with van der Waals surface area (Å²) in [7, 11) is 0. The highest BCUT2D eigenvalue weighted by molar-refractivity contribution is 7.98. The van der Waals surface area contributed by atoms with Crippen LogP contribution in [0.1, 0.15) is 44.0 Å². The summed E-state index contributed by atoms with van der Waals surface area (Å²) in [6.07, 6.45) is 2.30. The lowest BCUT2D eigenvalue weighted by atomic mass is 10.2. The summed E-state index contributed by atoms with van der Waals surface area (Å²) in [5.41, 5.74) is 3.14. The first kappa shape index (κ1) is 19.5. The Kier molecular flexibility index (Phi) is 6.55. The van der Waals surface area contributed by atoms with Crippen LogP contribution in [0.25, 0.3) is 11.4 Å². The van der Waals surface area contributed by atoms with Gasteiger partial charge >= 0.3 is 0 Å². The summed E-state index contributed by atoms with van der Waals surface area (Å²) in [5, 5.41) is 5.14. The molecule has 6 nitrogen and oxygen atoms in total. The molecule has 2 heterocycles. The normalized spacial score (nSPS) is 11.1. The summed E-state index contributed by atoms with van der Waals surface area (Å²) in [6.45, 7) is 9.92. The number of rotatable bonds is 9. The third-order valence-electron chi connectivity index (χ3n) is 4.38. The van der Waals surface area contributed by atoms with Crippen LogP contribution in [0, 0.1) is 13.8 Å². The lowest BCUT2D eigenvalue weighted by Crippen LogP contribution is -2.02. The highest BCUT2D eigenvalue weighted by atomic mass is 32.2. The molecule has 0 bridgehead atoms. The second-order valence-corrected chi connectivity index (χ2v) is 7.24. The average Bonchev–Trinajstić information content (AvgIpc) is 3.24. The Labute approximate surface area is 164 Å². The molecule has 2 aromatic heterocycles. The Morgan fingerprint density at radius 1 is 1.15 bits per heavy atom. The predicted octanol–water partition coefficient (Wildman–Crippen LogP) is 5.04. The smallest absolute Gasteiger partial charge is 0.237 e. The quantitative estimate of drug-likeness (QED) is 0.480. The van der Waals surface area contributed by atoms with Gasteiger partial charge in [-0.1, -0.05) is 42.4 Å².